The summed E-state index contributed by atoms with van der Waals surface area (Å²) in [4.78, 5) is 17.6. The van der Waals surface area contributed by atoms with Crippen LogP contribution in [-0.2, 0) is 19.6 Å². The van der Waals surface area contributed by atoms with Gasteiger partial charge in [-0.2, -0.15) is 4.31 Å². The van der Waals surface area contributed by atoms with Crippen LogP contribution in [0.15, 0.2) is 29.2 Å². The lowest BCUT2D eigenvalue weighted by Crippen LogP contribution is -2.56. The summed E-state index contributed by atoms with van der Waals surface area (Å²) in [7, 11) is 0.100. The molecule has 0 N–H and O–H groups in total. The molecule has 0 aliphatic carbocycles. The van der Waals surface area contributed by atoms with Crippen LogP contribution in [0.4, 0.5) is 0 Å². The number of sulfonamides is 1. The van der Waals surface area contributed by atoms with Crippen LogP contribution in [0.5, 0.6) is 0 Å². The summed E-state index contributed by atoms with van der Waals surface area (Å²) < 4.78 is 33.0. The van der Waals surface area contributed by atoms with Crippen molar-refractivity contribution in [1.82, 2.24) is 14.1 Å². The lowest BCUT2D eigenvalue weighted by Gasteiger charge is -2.46. The van der Waals surface area contributed by atoms with E-state index in [1.807, 2.05) is 24.9 Å². The standard InChI is InChI=1S/C21H31N3O4S/c1-16-5-4-6-17(13-16)29(26,27)24-9-7-21(8-10-24)19-15-23(11-12-28-3)14-18(19)20(25)22(21)2/h4-6,13,18-19H,7-12,14-15H2,1-3H3/t18-,19+/m1/s1. The Balaban J connectivity index is 1.51. The van der Waals surface area contributed by atoms with Crippen LogP contribution in [0.2, 0.25) is 0 Å². The van der Waals surface area contributed by atoms with Gasteiger partial charge in [0.25, 0.3) is 0 Å². The molecular weight excluding hydrogens is 390 g/mol. The molecule has 3 aliphatic rings. The van der Waals surface area contributed by atoms with E-state index in [9.17, 15) is 13.2 Å². The number of carbonyl (C=O) groups is 1. The highest BCUT2D eigenvalue weighted by molar-refractivity contribution is 7.89. The van der Waals surface area contributed by atoms with Crippen molar-refractivity contribution in [2.45, 2.75) is 30.2 Å². The van der Waals surface area contributed by atoms with Gasteiger partial charge in [-0.1, -0.05) is 12.1 Å². The van der Waals surface area contributed by atoms with Gasteiger partial charge in [0, 0.05) is 58.3 Å². The lowest BCUT2D eigenvalue weighted by molar-refractivity contribution is -0.133. The van der Waals surface area contributed by atoms with E-state index >= 15 is 0 Å². The van der Waals surface area contributed by atoms with E-state index in [2.05, 4.69) is 4.90 Å². The second-order valence-corrected chi connectivity index (χ2v) is 10.6. The number of carbonyl (C=O) groups excluding carboxylic acids is 1. The first-order valence-electron chi connectivity index (χ1n) is 10.4. The molecule has 7 nitrogen and oxygen atoms in total. The predicted molar refractivity (Wildman–Crippen MR) is 110 cm³/mol. The van der Waals surface area contributed by atoms with E-state index in [0.717, 1.165) is 25.2 Å². The highest BCUT2D eigenvalue weighted by atomic mass is 32.2. The van der Waals surface area contributed by atoms with Crippen LogP contribution in [0, 0.1) is 18.8 Å². The SMILES string of the molecule is COCCN1C[C@H]2C(=O)N(C)C3(CCN(S(=O)(=O)c4cccc(C)c4)CC3)[C@H]2C1. The van der Waals surface area contributed by atoms with Crippen molar-refractivity contribution in [1.29, 1.82) is 0 Å². The van der Waals surface area contributed by atoms with E-state index in [4.69, 9.17) is 4.74 Å². The Bertz CT molecular complexity index is 880. The Morgan fingerprint density at radius 1 is 1.21 bits per heavy atom. The van der Waals surface area contributed by atoms with Gasteiger partial charge in [-0.3, -0.25) is 9.69 Å². The van der Waals surface area contributed by atoms with Gasteiger partial charge < -0.3 is 9.64 Å². The summed E-state index contributed by atoms with van der Waals surface area (Å²) in [5.41, 5.74) is 0.702. The summed E-state index contributed by atoms with van der Waals surface area (Å²) in [6, 6.07) is 7.08. The number of fused-ring (bicyclic) bond motifs is 2. The average molecular weight is 422 g/mol. The van der Waals surface area contributed by atoms with Crippen molar-refractivity contribution in [2.75, 3.05) is 53.5 Å². The van der Waals surface area contributed by atoms with Gasteiger partial charge in [0.05, 0.1) is 17.4 Å². The third kappa shape index (κ3) is 3.40. The van der Waals surface area contributed by atoms with E-state index in [1.165, 1.54) is 0 Å². The molecule has 1 aromatic rings. The fourth-order valence-corrected chi connectivity index (χ4v) is 7.09. The predicted octanol–water partition coefficient (Wildman–Crippen LogP) is 1.18. The molecule has 8 heteroatoms. The molecule has 1 aromatic carbocycles. The summed E-state index contributed by atoms with van der Waals surface area (Å²) in [6.45, 7) is 5.98. The molecule has 0 bridgehead atoms. The number of hydrogen-bond acceptors (Lipinski definition) is 5. The number of amides is 1. The smallest absolute Gasteiger partial charge is 0.243 e. The third-order valence-corrected chi connectivity index (χ3v) is 9.12. The van der Waals surface area contributed by atoms with Crippen LogP contribution in [0.3, 0.4) is 0 Å². The fraction of sp³-hybridized carbons (Fsp3) is 0.667. The molecule has 3 heterocycles. The van der Waals surface area contributed by atoms with Crippen LogP contribution >= 0.6 is 0 Å². The van der Waals surface area contributed by atoms with Crippen molar-refractivity contribution in [2.24, 2.45) is 11.8 Å². The second-order valence-electron chi connectivity index (χ2n) is 8.69. The lowest BCUT2D eigenvalue weighted by atomic mass is 9.75. The normalized spacial score (nSPS) is 27.7. The monoisotopic (exact) mass is 421 g/mol. The molecular formula is C21H31N3O4S. The molecule has 0 aromatic heterocycles. The zero-order valence-corrected chi connectivity index (χ0v) is 18.3. The Kier molecular flexibility index (Phi) is 5.48. The van der Waals surface area contributed by atoms with Crippen molar-refractivity contribution in [3.63, 3.8) is 0 Å². The molecule has 0 saturated carbocycles. The first-order valence-corrected chi connectivity index (χ1v) is 11.8. The molecule has 3 aliphatic heterocycles. The van der Waals surface area contributed by atoms with Crippen LogP contribution < -0.4 is 0 Å². The maximum absolute atomic E-state index is 13.1. The minimum atomic E-state index is -3.50. The molecule has 4 rings (SSSR count). The van der Waals surface area contributed by atoms with E-state index in [1.54, 1.807) is 29.6 Å². The van der Waals surface area contributed by atoms with Crippen molar-refractivity contribution in [3.05, 3.63) is 29.8 Å². The minimum absolute atomic E-state index is 0.0248. The molecule has 0 radical (unpaired) electrons. The zero-order valence-electron chi connectivity index (χ0n) is 17.5. The second kappa shape index (κ2) is 7.65. The topological polar surface area (TPSA) is 70.2 Å². The van der Waals surface area contributed by atoms with Gasteiger partial charge in [-0.05, 0) is 37.5 Å². The largest absolute Gasteiger partial charge is 0.383 e. The molecule has 2 atom stereocenters. The van der Waals surface area contributed by atoms with E-state index in [0.29, 0.717) is 37.4 Å². The number of piperidine rings is 1. The van der Waals surface area contributed by atoms with E-state index in [-0.39, 0.29) is 23.3 Å². The highest BCUT2D eigenvalue weighted by Gasteiger charge is 2.60. The first kappa shape index (κ1) is 20.8. The summed E-state index contributed by atoms with van der Waals surface area (Å²) >= 11 is 0. The molecule has 3 fully saturated rings. The summed E-state index contributed by atoms with van der Waals surface area (Å²) in [6.07, 6.45) is 1.39. The minimum Gasteiger partial charge on any atom is -0.383 e. The van der Waals surface area contributed by atoms with Crippen molar-refractivity contribution < 1.29 is 17.9 Å². The average Bonchev–Trinajstić information content (AvgIpc) is 3.22. The summed E-state index contributed by atoms with van der Waals surface area (Å²) in [5.74, 6) is 0.502. The number of benzene rings is 1. The Morgan fingerprint density at radius 3 is 2.59 bits per heavy atom. The van der Waals surface area contributed by atoms with Gasteiger partial charge in [0.1, 0.15) is 0 Å². The highest BCUT2D eigenvalue weighted by Crippen LogP contribution is 2.49. The number of nitrogens with zero attached hydrogens (tertiary/aromatic N) is 3. The van der Waals surface area contributed by atoms with Crippen molar-refractivity contribution >= 4 is 15.9 Å². The maximum Gasteiger partial charge on any atom is 0.243 e. The van der Waals surface area contributed by atoms with Gasteiger partial charge in [-0.25, -0.2) is 8.42 Å². The van der Waals surface area contributed by atoms with Gasteiger partial charge in [0.15, 0.2) is 0 Å². The zero-order chi connectivity index (χ0) is 20.8. The molecule has 29 heavy (non-hydrogen) atoms. The Labute approximate surface area is 173 Å². The molecule has 3 saturated heterocycles. The Hall–Kier alpha value is -1.48. The molecule has 160 valence electrons. The van der Waals surface area contributed by atoms with Crippen LogP contribution in [0.25, 0.3) is 0 Å². The third-order valence-electron chi connectivity index (χ3n) is 7.23. The van der Waals surface area contributed by atoms with Gasteiger partial charge in [-0.15, -0.1) is 0 Å². The van der Waals surface area contributed by atoms with Crippen LogP contribution in [-0.4, -0.2) is 87.5 Å². The Morgan fingerprint density at radius 2 is 1.93 bits per heavy atom. The molecule has 1 spiro atoms. The van der Waals surface area contributed by atoms with Crippen LogP contribution in [0.1, 0.15) is 18.4 Å². The van der Waals surface area contributed by atoms with Crippen molar-refractivity contribution in [3.8, 4) is 0 Å². The number of ether oxygens (including phenoxy) is 1. The maximum atomic E-state index is 13.1. The number of likely N-dealkylation sites (tertiary alicyclic amines) is 2. The first-order chi connectivity index (χ1) is 13.8. The fourth-order valence-electron chi connectivity index (χ4n) is 5.54. The number of hydrogen-bond donors (Lipinski definition) is 0. The molecule has 1 amide bonds. The number of aryl methyl sites for hydroxylation is 1. The molecule has 0 unspecified atom stereocenters. The van der Waals surface area contributed by atoms with E-state index < -0.39 is 10.0 Å². The van der Waals surface area contributed by atoms with Gasteiger partial charge in [0.2, 0.25) is 15.9 Å². The quantitative estimate of drug-likeness (QED) is 0.714. The summed E-state index contributed by atoms with van der Waals surface area (Å²) in [5, 5.41) is 0. The number of rotatable bonds is 5. The van der Waals surface area contributed by atoms with Gasteiger partial charge >= 0.3 is 0 Å². The number of methoxy groups -OCH3 is 1.